The molecule has 0 aliphatic heterocycles. The normalized spacial score (nSPS) is 13.4. The van der Waals surface area contributed by atoms with Gasteiger partial charge in [0.25, 0.3) is 0 Å². The molecule has 0 fully saturated rings. The van der Waals surface area contributed by atoms with E-state index < -0.39 is 9.84 Å². The summed E-state index contributed by atoms with van der Waals surface area (Å²) in [5.41, 5.74) is 3.73. The number of hydrogen-bond donors (Lipinski definition) is 0. The first-order valence-corrected chi connectivity index (χ1v) is 16.1. The Balaban J connectivity index is 1.63. The van der Waals surface area contributed by atoms with Gasteiger partial charge in [0.1, 0.15) is 5.01 Å². The number of rotatable bonds is 11. The van der Waals surface area contributed by atoms with Crippen LogP contribution in [-0.4, -0.2) is 62.5 Å². The quantitative estimate of drug-likeness (QED) is 0.245. The van der Waals surface area contributed by atoms with Gasteiger partial charge in [-0.1, -0.05) is 60.7 Å². The molecule has 1 amide bonds. The Labute approximate surface area is 233 Å². The topological polar surface area (TPSA) is 70.6 Å². The molecule has 0 bridgehead atoms. The SMILES string of the molecule is CN(C)C(Cc1ccccc1)C(=O)N(C)C(Cc1ccc(CS(C)(=O)=O)cc1)c1csc(-c2cccs2)n1. The fourth-order valence-electron chi connectivity index (χ4n) is 4.41. The maximum absolute atomic E-state index is 13.9. The van der Waals surface area contributed by atoms with E-state index in [-0.39, 0.29) is 23.7 Å². The van der Waals surface area contributed by atoms with Crippen molar-refractivity contribution in [2.75, 3.05) is 27.4 Å². The molecule has 0 radical (unpaired) electrons. The summed E-state index contributed by atoms with van der Waals surface area (Å²) in [6.07, 6.45) is 2.42. The standard InChI is InChI=1S/C29H33N3O3S3/c1-31(2)26(18-21-9-6-5-7-10-21)29(33)32(3)25(24-19-37-28(30-24)27-11-8-16-36-27)17-22-12-14-23(15-13-22)20-38(4,34)35/h5-16,19,25-26H,17-18,20H2,1-4H3. The number of likely N-dealkylation sites (N-methyl/N-ethyl adjacent to an activating group) is 2. The molecule has 2 aromatic carbocycles. The van der Waals surface area contributed by atoms with Crippen molar-refractivity contribution >= 4 is 38.4 Å². The smallest absolute Gasteiger partial charge is 0.240 e. The number of carbonyl (C=O) groups is 1. The van der Waals surface area contributed by atoms with Crippen LogP contribution in [0.5, 0.6) is 0 Å². The molecular weight excluding hydrogens is 535 g/mol. The van der Waals surface area contributed by atoms with Gasteiger partial charge in [0.05, 0.1) is 28.4 Å². The number of hydrogen-bond acceptors (Lipinski definition) is 7. The fraction of sp³-hybridized carbons (Fsp3) is 0.310. The van der Waals surface area contributed by atoms with E-state index in [1.807, 2.05) is 102 Å². The summed E-state index contributed by atoms with van der Waals surface area (Å²) in [4.78, 5) is 23.8. The summed E-state index contributed by atoms with van der Waals surface area (Å²) in [7, 11) is 2.62. The van der Waals surface area contributed by atoms with Crippen LogP contribution in [0.2, 0.25) is 0 Å². The zero-order valence-corrected chi connectivity index (χ0v) is 24.5. The maximum atomic E-state index is 13.9. The maximum Gasteiger partial charge on any atom is 0.240 e. The third-order valence-electron chi connectivity index (χ3n) is 6.47. The molecule has 2 aromatic heterocycles. The van der Waals surface area contributed by atoms with Crippen molar-refractivity contribution in [1.29, 1.82) is 0 Å². The molecule has 0 spiro atoms. The molecule has 0 aliphatic carbocycles. The highest BCUT2D eigenvalue weighted by Crippen LogP contribution is 2.33. The summed E-state index contributed by atoms with van der Waals surface area (Å²) in [5, 5.41) is 5.02. The number of benzene rings is 2. The summed E-state index contributed by atoms with van der Waals surface area (Å²) in [6, 6.07) is 21.1. The zero-order chi connectivity index (χ0) is 27.3. The van der Waals surface area contributed by atoms with E-state index in [1.54, 1.807) is 22.7 Å². The molecule has 200 valence electrons. The van der Waals surface area contributed by atoms with Crippen molar-refractivity contribution in [2.45, 2.75) is 30.7 Å². The molecule has 4 aromatic rings. The third kappa shape index (κ3) is 7.38. The van der Waals surface area contributed by atoms with Crippen LogP contribution in [0.1, 0.15) is 28.4 Å². The van der Waals surface area contributed by atoms with E-state index in [0.717, 1.165) is 32.3 Å². The molecule has 6 nitrogen and oxygen atoms in total. The number of aromatic nitrogens is 1. The van der Waals surface area contributed by atoms with Gasteiger partial charge in [0.2, 0.25) is 5.91 Å². The summed E-state index contributed by atoms with van der Waals surface area (Å²) in [6.45, 7) is 0. The molecule has 2 atom stereocenters. The predicted molar refractivity (Wildman–Crippen MR) is 157 cm³/mol. The van der Waals surface area contributed by atoms with Gasteiger partial charge in [-0.15, -0.1) is 22.7 Å². The second-order valence-electron chi connectivity index (χ2n) is 9.78. The molecule has 4 rings (SSSR count). The lowest BCUT2D eigenvalue weighted by Crippen LogP contribution is -2.47. The Hall–Kier alpha value is -2.85. The minimum Gasteiger partial charge on any atom is -0.335 e. The first-order chi connectivity index (χ1) is 18.1. The van der Waals surface area contributed by atoms with Crippen molar-refractivity contribution in [2.24, 2.45) is 0 Å². The lowest BCUT2D eigenvalue weighted by Gasteiger charge is -2.33. The zero-order valence-electron chi connectivity index (χ0n) is 22.1. The lowest BCUT2D eigenvalue weighted by molar-refractivity contribution is -0.137. The van der Waals surface area contributed by atoms with Crippen LogP contribution in [0.15, 0.2) is 77.5 Å². The number of sulfone groups is 1. The van der Waals surface area contributed by atoms with E-state index in [1.165, 1.54) is 6.26 Å². The van der Waals surface area contributed by atoms with Gasteiger partial charge in [0, 0.05) is 18.7 Å². The minimum absolute atomic E-state index is 0.00928. The summed E-state index contributed by atoms with van der Waals surface area (Å²) < 4.78 is 23.4. The molecule has 2 unspecified atom stereocenters. The van der Waals surface area contributed by atoms with E-state index in [0.29, 0.717) is 12.8 Å². The highest BCUT2D eigenvalue weighted by molar-refractivity contribution is 7.89. The van der Waals surface area contributed by atoms with Gasteiger partial charge in [0.15, 0.2) is 9.84 Å². The van der Waals surface area contributed by atoms with Gasteiger partial charge >= 0.3 is 0 Å². The monoisotopic (exact) mass is 567 g/mol. The largest absolute Gasteiger partial charge is 0.335 e. The van der Waals surface area contributed by atoms with Gasteiger partial charge in [-0.25, -0.2) is 13.4 Å². The van der Waals surface area contributed by atoms with E-state index >= 15 is 0 Å². The molecule has 0 N–H and O–H groups in total. The van der Waals surface area contributed by atoms with Crippen LogP contribution in [0.3, 0.4) is 0 Å². The molecule has 0 aliphatic rings. The summed E-state index contributed by atoms with van der Waals surface area (Å²) in [5.74, 6) is 0.0400. The first-order valence-electron chi connectivity index (χ1n) is 12.3. The van der Waals surface area contributed by atoms with Crippen molar-refractivity contribution in [3.8, 4) is 9.88 Å². The van der Waals surface area contributed by atoms with Crippen LogP contribution >= 0.6 is 22.7 Å². The molecule has 2 heterocycles. The molecule has 0 saturated carbocycles. The Bertz CT molecular complexity index is 1430. The Kier molecular flexibility index (Phi) is 9.15. The predicted octanol–water partition coefficient (Wildman–Crippen LogP) is 5.33. The van der Waals surface area contributed by atoms with Crippen molar-refractivity contribution < 1.29 is 13.2 Å². The minimum atomic E-state index is -3.11. The number of amides is 1. The van der Waals surface area contributed by atoms with Crippen LogP contribution in [0.4, 0.5) is 0 Å². The van der Waals surface area contributed by atoms with Crippen molar-refractivity contribution in [1.82, 2.24) is 14.8 Å². The van der Waals surface area contributed by atoms with Gasteiger partial charge < -0.3 is 4.90 Å². The molecule has 38 heavy (non-hydrogen) atoms. The van der Waals surface area contributed by atoms with E-state index in [2.05, 4.69) is 6.07 Å². The first kappa shape index (κ1) is 28.2. The Morgan fingerprint density at radius 1 is 0.868 bits per heavy atom. The number of carbonyl (C=O) groups excluding carboxylic acids is 1. The van der Waals surface area contributed by atoms with Gasteiger partial charge in [-0.05, 0) is 55.1 Å². The van der Waals surface area contributed by atoms with E-state index in [9.17, 15) is 13.2 Å². The van der Waals surface area contributed by atoms with Crippen molar-refractivity contribution in [3.63, 3.8) is 0 Å². The number of nitrogens with zero attached hydrogens (tertiary/aromatic N) is 3. The van der Waals surface area contributed by atoms with Crippen LogP contribution in [-0.2, 0) is 33.2 Å². The Morgan fingerprint density at radius 2 is 1.53 bits per heavy atom. The van der Waals surface area contributed by atoms with Gasteiger partial charge in [-0.2, -0.15) is 0 Å². The number of thiazole rings is 1. The highest BCUT2D eigenvalue weighted by atomic mass is 32.2. The molecule has 0 saturated heterocycles. The molecular formula is C29H33N3O3S3. The van der Waals surface area contributed by atoms with Crippen LogP contribution in [0, 0.1) is 0 Å². The van der Waals surface area contributed by atoms with Crippen LogP contribution < -0.4 is 0 Å². The average Bonchev–Trinajstić information content (AvgIpc) is 3.58. The van der Waals surface area contributed by atoms with E-state index in [4.69, 9.17) is 4.98 Å². The Morgan fingerprint density at radius 3 is 2.13 bits per heavy atom. The average molecular weight is 568 g/mol. The van der Waals surface area contributed by atoms with Crippen LogP contribution in [0.25, 0.3) is 9.88 Å². The highest BCUT2D eigenvalue weighted by Gasteiger charge is 2.31. The molecule has 9 heteroatoms. The number of thiophene rings is 1. The lowest BCUT2D eigenvalue weighted by atomic mass is 9.99. The summed E-state index contributed by atoms with van der Waals surface area (Å²) >= 11 is 3.23. The third-order valence-corrected chi connectivity index (χ3v) is 9.23. The fourth-order valence-corrected chi connectivity index (χ4v) is 6.89. The van der Waals surface area contributed by atoms with Gasteiger partial charge in [-0.3, -0.25) is 9.69 Å². The van der Waals surface area contributed by atoms with Crippen molar-refractivity contribution in [3.05, 3.63) is 99.9 Å². The second-order valence-corrected chi connectivity index (χ2v) is 13.7. The second kappa shape index (κ2) is 12.3.